The Kier molecular flexibility index (Phi) is 27.2. The average Bonchev–Trinajstić information content (AvgIpc) is 1.61. The van der Waals surface area contributed by atoms with Crippen LogP contribution >= 0.6 is 0 Å². The van der Waals surface area contributed by atoms with Crippen molar-refractivity contribution in [2.24, 2.45) is 0 Å². The van der Waals surface area contributed by atoms with E-state index < -0.39 is 53.9 Å². The fraction of sp³-hybridized carbons (Fsp3) is 0.115. The Morgan fingerprint density at radius 1 is 0.268 bits per heavy atom. The van der Waals surface area contributed by atoms with Crippen LogP contribution in [0, 0.1) is 124 Å². The van der Waals surface area contributed by atoms with Crippen LogP contribution in [-0.2, 0) is 80.4 Å². The molecule has 0 fully saturated rings. The molecule has 0 amide bonds. The molecular weight excluding hydrogens is 2470 g/mol. The van der Waals surface area contributed by atoms with Crippen molar-refractivity contribution in [3.63, 3.8) is 0 Å². The Hall–Kier alpha value is -14.6. The van der Waals surface area contributed by atoms with Crippen molar-refractivity contribution in [1.29, 1.82) is 0 Å². The van der Waals surface area contributed by atoms with Gasteiger partial charge < -0.3 is 57.5 Å². The normalized spacial score (nSPS) is 13.9. The standard InChI is InChI=1S/C21H19N2O.3C18H13N2O.C13H12N.C12H10N.2C11H8N.4Ir/c1-12(2)15-9-10-22-18(11-15)16-7-5-13(3)19-17-8-6-14(4)23-21(17)24-20(16)19;3*1-11-6-8-13(15-5-3-4-10-19-15)17-16(11)14-9-7-12(2)20-18(14)21-17;1-10-8-13(14-9-11(10)2)12-6-4-3-5-7-12;1-10-7-8-12(13-9-10)11-5-3-2-4-6-11;2*1-2-6-10(7-3-1)11-8-4-5-9-12-11;;;;/h5-6,8-12H,1-4H3;3*3-7,9-10H,1-2H3;3-6,8-9H,1-2H3;2-5,7-9H,1H3;2*1-6,8-9H;;;;/q8*-1;;;;/i1D3,3D3,12D;3*1D3;2D3;1D3;;;;;;. The van der Waals surface area contributed by atoms with Crippen LogP contribution in [0.25, 0.3) is 178 Å². The molecule has 0 aliphatic carbocycles. The largest absolute Gasteiger partial charge is 0.486 e. The maximum atomic E-state index is 8.36. The number of nitrogens with zero attached hydrogens (tertiary/aromatic N) is 12. The smallest absolute Gasteiger partial charge is 0.216 e. The van der Waals surface area contributed by atoms with Gasteiger partial charge in [-0.05, 0) is 196 Å². The molecule has 16 aromatic heterocycles. The molecular formula is C122H96Ir4N12O4-8. The van der Waals surface area contributed by atoms with Gasteiger partial charge in [-0.25, -0.2) is 19.9 Å². The van der Waals surface area contributed by atoms with E-state index in [4.69, 9.17) is 47.8 Å². The maximum absolute atomic E-state index is 8.36. The molecule has 0 aliphatic rings. The molecule has 0 bridgehead atoms. The number of hydrogen-bond donors (Lipinski definition) is 0. The van der Waals surface area contributed by atoms with E-state index in [1.165, 1.54) is 61.9 Å². The second-order valence-electron chi connectivity index (χ2n) is 31.3. The van der Waals surface area contributed by atoms with Crippen molar-refractivity contribution in [3.05, 3.63) is 457 Å². The van der Waals surface area contributed by atoms with Gasteiger partial charge in [0.25, 0.3) is 0 Å². The molecule has 4 radical (unpaired) electrons. The van der Waals surface area contributed by atoms with Crippen LogP contribution in [0.5, 0.6) is 0 Å². The van der Waals surface area contributed by atoms with Crippen molar-refractivity contribution in [1.82, 2.24) is 59.8 Å². The van der Waals surface area contributed by atoms with Gasteiger partial charge in [0.05, 0.1) is 22.3 Å². The zero-order valence-electron chi connectivity index (χ0n) is 98.7. The van der Waals surface area contributed by atoms with Gasteiger partial charge in [-0.2, -0.15) is 0 Å². The summed E-state index contributed by atoms with van der Waals surface area (Å²) < 4.78 is 193. The molecule has 1 unspecified atom stereocenters. The predicted octanol–water partition coefficient (Wildman–Crippen LogP) is 30.1. The monoisotopic (exact) mass is 2590 g/mol. The second-order valence-corrected chi connectivity index (χ2v) is 31.3. The summed E-state index contributed by atoms with van der Waals surface area (Å²) in [6.45, 7) is -5.42. The fourth-order valence-electron chi connectivity index (χ4n) is 14.8. The third-order valence-corrected chi connectivity index (χ3v) is 21.6. The van der Waals surface area contributed by atoms with Gasteiger partial charge in [-0.3, -0.25) is 0 Å². The molecule has 20 heteroatoms. The molecule has 142 heavy (non-hydrogen) atoms. The molecule has 0 spiro atoms. The van der Waals surface area contributed by atoms with Crippen LogP contribution in [0.2, 0.25) is 0 Å². The summed E-state index contributed by atoms with van der Waals surface area (Å²) in [4.78, 5) is 51.6. The zero-order chi connectivity index (χ0) is 114. The Balaban J connectivity index is 0.000000156. The number of furan rings is 4. The predicted molar refractivity (Wildman–Crippen MR) is 555 cm³/mol. The zero-order valence-corrected chi connectivity index (χ0v) is 86.2. The summed E-state index contributed by atoms with van der Waals surface area (Å²) >= 11 is 0. The van der Waals surface area contributed by atoms with Crippen LogP contribution in [0.15, 0.2) is 358 Å². The first-order valence-corrected chi connectivity index (χ1v) is 43.5. The summed E-state index contributed by atoms with van der Waals surface area (Å²) in [6, 6.07) is 112. The summed E-state index contributed by atoms with van der Waals surface area (Å²) in [7, 11) is 0. The fourth-order valence-corrected chi connectivity index (χ4v) is 14.8. The molecule has 0 saturated heterocycles. The Morgan fingerprint density at radius 2 is 0.577 bits per heavy atom. The first-order chi connectivity index (χ1) is 76.1. The molecule has 0 N–H and O–H groups in total. The van der Waals surface area contributed by atoms with Gasteiger partial charge in [-0.1, -0.05) is 181 Å². The number of hydrogen-bond acceptors (Lipinski definition) is 16. The van der Waals surface area contributed by atoms with Crippen LogP contribution < -0.4 is 0 Å². The SMILES string of the molecule is [2H]C([2H])([2H])c1c[c-]c(-c2cc(C([2H])(C)C([2H])([2H])[2H])ccn2)c2oc3nc(C)ccc3c12.[2H]C([2H])([2H])c1c[c-]c(-c2ccccn2)c2oc3nc(C)ccc3c12.[2H]C([2H])([2H])c1c[c-]c(-c2ccccn2)c2oc3nc(C)ccc3c12.[2H]C([2H])([2H])c1c[c-]c(-c2ccccn2)c2oc3nc(C)ccc3c12.[2H]C([2H])([2H])c1ccc(-c2[c-]cccc2)nc1.[2H]C([2H])([2H])c1cnc(-c2[c-]cccc2)cc1C.[Ir].[Ir].[Ir].[Ir].[c-]1ccccc1-c1ccccn1.[c-]1ccccc1-c1ccccn1. The Bertz CT molecular complexity index is 8680. The third kappa shape index (κ3) is 25.0. The number of pyridine rings is 12. The number of fused-ring (bicyclic) bond motifs is 12. The number of aryl methyl sites for hydroxylation is 11. The first-order valence-electron chi connectivity index (χ1n) is 54.5. The number of rotatable bonds is 9. The molecule has 24 aromatic rings. The van der Waals surface area contributed by atoms with Crippen LogP contribution in [0.1, 0.15) is 117 Å². The maximum Gasteiger partial charge on any atom is 0.216 e. The van der Waals surface area contributed by atoms with Gasteiger partial charge in [0.2, 0.25) is 22.9 Å². The second kappa shape index (κ2) is 49.5. The molecule has 24 rings (SSSR count). The van der Waals surface area contributed by atoms with Crippen molar-refractivity contribution < 1.29 is 128 Å². The summed E-state index contributed by atoms with van der Waals surface area (Å²) in [5.41, 5.74) is 20.4. The molecule has 0 aliphatic heterocycles. The van der Waals surface area contributed by atoms with E-state index in [1.807, 2.05) is 239 Å². The Labute approximate surface area is 912 Å². The van der Waals surface area contributed by atoms with E-state index in [1.54, 1.807) is 81.2 Å². The van der Waals surface area contributed by atoms with Gasteiger partial charge in [0.1, 0.15) is 0 Å². The van der Waals surface area contributed by atoms with Crippen molar-refractivity contribution in [2.75, 3.05) is 0 Å². The molecule has 1 atom stereocenters. The van der Waals surface area contributed by atoms with E-state index in [0.717, 1.165) is 73.4 Å². The van der Waals surface area contributed by atoms with Crippen LogP contribution in [-0.4, -0.2) is 59.8 Å². The molecule has 16 nitrogen and oxygen atoms in total. The first kappa shape index (κ1) is 78.1. The van der Waals surface area contributed by atoms with Crippen molar-refractivity contribution in [2.45, 2.75) is 95.4 Å². The van der Waals surface area contributed by atoms with Gasteiger partial charge in [0, 0.05) is 204 Å². The van der Waals surface area contributed by atoms with E-state index in [0.29, 0.717) is 133 Å². The minimum atomic E-state index is -2.55. The molecule has 0 saturated carbocycles. The van der Waals surface area contributed by atoms with E-state index in [9.17, 15) is 0 Å². The van der Waals surface area contributed by atoms with Gasteiger partial charge in [-0.15, -0.1) is 214 Å². The van der Waals surface area contributed by atoms with Crippen molar-refractivity contribution >= 4 is 88.3 Å². The van der Waals surface area contributed by atoms with Crippen LogP contribution in [0.3, 0.4) is 0 Å². The molecule has 712 valence electrons. The van der Waals surface area contributed by atoms with Crippen molar-refractivity contribution in [3.8, 4) is 90.1 Å². The van der Waals surface area contributed by atoms with Gasteiger partial charge >= 0.3 is 0 Å². The van der Waals surface area contributed by atoms with E-state index >= 15 is 0 Å². The summed E-state index contributed by atoms with van der Waals surface area (Å²) in [6.07, 6.45) is 12.9. The Morgan fingerprint density at radius 3 is 0.866 bits per heavy atom. The average molecular weight is 2590 g/mol. The molecule has 16 heterocycles. The minimum absolute atomic E-state index is 0. The topological polar surface area (TPSA) is 207 Å². The summed E-state index contributed by atoms with van der Waals surface area (Å²) in [5, 5.41) is 4.68. The van der Waals surface area contributed by atoms with E-state index in [2.05, 4.69) is 108 Å². The van der Waals surface area contributed by atoms with E-state index in [-0.39, 0.29) is 119 Å². The minimum Gasteiger partial charge on any atom is -0.486 e. The number of benzene rings is 8. The molecule has 8 aromatic carbocycles. The van der Waals surface area contributed by atoms with Crippen LogP contribution in [0.4, 0.5) is 0 Å². The summed E-state index contributed by atoms with van der Waals surface area (Å²) in [5.74, 6) is -1.85. The quantitative estimate of drug-likeness (QED) is 0.123. The van der Waals surface area contributed by atoms with Gasteiger partial charge in [0.15, 0.2) is 0 Å². The third-order valence-electron chi connectivity index (χ3n) is 21.6. The number of aromatic nitrogens is 12.